The van der Waals surface area contributed by atoms with E-state index >= 15 is 0 Å². The highest BCUT2D eigenvalue weighted by atomic mass is 32.2. The standard InChI is InChI=1S/C21H22N4O5S3/c1-12-7-13(2)9-16(8-12)25-33(28,29)17-10-15(6-5-14(17)3)19(27)22-20-23-24-21(32-20)31-11-18(26)30-4/h5-10,25H,11H2,1-4H3,(H,22,23,27). The van der Waals surface area contributed by atoms with Crippen molar-refractivity contribution in [2.24, 2.45) is 0 Å². The number of aromatic nitrogens is 2. The summed E-state index contributed by atoms with van der Waals surface area (Å²) in [6.07, 6.45) is 0. The van der Waals surface area contributed by atoms with Gasteiger partial charge in [-0.3, -0.25) is 19.6 Å². The zero-order chi connectivity index (χ0) is 24.2. The molecule has 174 valence electrons. The van der Waals surface area contributed by atoms with Crippen molar-refractivity contribution < 1.29 is 22.7 Å². The van der Waals surface area contributed by atoms with Crippen molar-refractivity contribution in [3.63, 3.8) is 0 Å². The predicted molar refractivity (Wildman–Crippen MR) is 129 cm³/mol. The Labute approximate surface area is 200 Å². The molecule has 33 heavy (non-hydrogen) atoms. The summed E-state index contributed by atoms with van der Waals surface area (Å²) in [7, 11) is -2.63. The molecule has 2 N–H and O–H groups in total. The van der Waals surface area contributed by atoms with Gasteiger partial charge in [-0.15, -0.1) is 10.2 Å². The summed E-state index contributed by atoms with van der Waals surface area (Å²) in [5, 5.41) is 10.6. The highest BCUT2D eigenvalue weighted by Gasteiger charge is 2.20. The summed E-state index contributed by atoms with van der Waals surface area (Å²) in [4.78, 5) is 23.9. The SMILES string of the molecule is COC(=O)CSc1nnc(NC(=O)c2ccc(C)c(S(=O)(=O)Nc3cc(C)cc(C)c3)c2)s1. The van der Waals surface area contributed by atoms with Crippen LogP contribution in [0.2, 0.25) is 0 Å². The number of nitrogens with zero attached hydrogens (tertiary/aromatic N) is 2. The van der Waals surface area contributed by atoms with Gasteiger partial charge in [0.25, 0.3) is 15.9 Å². The third-order valence-electron chi connectivity index (χ3n) is 4.38. The first-order valence-electron chi connectivity index (χ1n) is 9.63. The van der Waals surface area contributed by atoms with Crippen LogP contribution in [-0.4, -0.2) is 43.4 Å². The molecule has 0 aliphatic rings. The largest absolute Gasteiger partial charge is 0.468 e. The minimum atomic E-state index is -3.92. The van der Waals surface area contributed by atoms with Gasteiger partial charge in [0.1, 0.15) is 0 Å². The average Bonchev–Trinajstić information content (AvgIpc) is 3.18. The lowest BCUT2D eigenvalue weighted by atomic mass is 10.1. The quantitative estimate of drug-likeness (QED) is 0.268. The van der Waals surface area contributed by atoms with E-state index < -0.39 is 21.9 Å². The normalized spacial score (nSPS) is 11.2. The topological polar surface area (TPSA) is 127 Å². The molecule has 0 atom stereocenters. The number of rotatable bonds is 8. The maximum Gasteiger partial charge on any atom is 0.316 e. The van der Waals surface area contributed by atoms with Gasteiger partial charge in [0, 0.05) is 11.3 Å². The minimum Gasteiger partial charge on any atom is -0.468 e. The van der Waals surface area contributed by atoms with Gasteiger partial charge in [0.05, 0.1) is 17.8 Å². The van der Waals surface area contributed by atoms with E-state index in [4.69, 9.17) is 0 Å². The Morgan fingerprint density at radius 2 is 1.76 bits per heavy atom. The molecule has 1 aromatic heterocycles. The highest BCUT2D eigenvalue weighted by Crippen LogP contribution is 2.27. The van der Waals surface area contributed by atoms with Gasteiger partial charge in [-0.1, -0.05) is 35.2 Å². The number of amides is 1. The molecule has 2 aromatic carbocycles. The van der Waals surface area contributed by atoms with E-state index in [9.17, 15) is 18.0 Å². The van der Waals surface area contributed by atoms with E-state index in [-0.39, 0.29) is 21.3 Å². The van der Waals surface area contributed by atoms with E-state index in [2.05, 4.69) is 25.0 Å². The monoisotopic (exact) mass is 506 g/mol. The van der Waals surface area contributed by atoms with E-state index in [0.717, 1.165) is 34.2 Å². The summed E-state index contributed by atoms with van der Waals surface area (Å²) >= 11 is 2.24. The third-order valence-corrected chi connectivity index (χ3v) is 7.85. The number of hydrogen-bond donors (Lipinski definition) is 2. The fraction of sp³-hybridized carbons (Fsp3) is 0.238. The summed E-state index contributed by atoms with van der Waals surface area (Å²) in [6, 6.07) is 9.85. The Balaban J connectivity index is 1.77. The van der Waals surface area contributed by atoms with Crippen molar-refractivity contribution in [3.8, 4) is 0 Å². The molecule has 0 saturated carbocycles. The molecule has 0 saturated heterocycles. The first-order valence-corrected chi connectivity index (χ1v) is 12.9. The van der Waals surface area contributed by atoms with E-state index in [0.29, 0.717) is 15.6 Å². The van der Waals surface area contributed by atoms with Crippen LogP contribution in [-0.2, 0) is 19.6 Å². The Morgan fingerprint density at radius 1 is 1.06 bits per heavy atom. The average molecular weight is 507 g/mol. The number of esters is 1. The maximum atomic E-state index is 13.0. The molecule has 0 bridgehead atoms. The molecule has 0 fully saturated rings. The Kier molecular flexibility index (Phi) is 7.72. The number of anilines is 2. The number of hydrogen-bond acceptors (Lipinski definition) is 9. The van der Waals surface area contributed by atoms with Gasteiger partial charge in [-0.2, -0.15) is 0 Å². The van der Waals surface area contributed by atoms with Gasteiger partial charge in [-0.05, 0) is 61.7 Å². The number of ether oxygens (including phenoxy) is 1. The number of nitrogens with one attached hydrogen (secondary N) is 2. The van der Waals surface area contributed by atoms with Crippen LogP contribution in [0.15, 0.2) is 45.6 Å². The lowest BCUT2D eigenvalue weighted by Gasteiger charge is -2.13. The number of methoxy groups -OCH3 is 1. The van der Waals surface area contributed by atoms with Crippen molar-refractivity contribution >= 4 is 55.8 Å². The smallest absolute Gasteiger partial charge is 0.316 e. The molecule has 0 unspecified atom stereocenters. The number of carbonyl (C=O) groups excluding carboxylic acids is 2. The number of aryl methyl sites for hydroxylation is 3. The Morgan fingerprint density at radius 3 is 2.42 bits per heavy atom. The number of benzene rings is 2. The van der Waals surface area contributed by atoms with Gasteiger partial charge in [0.2, 0.25) is 5.13 Å². The van der Waals surface area contributed by atoms with Crippen LogP contribution in [0.5, 0.6) is 0 Å². The van der Waals surface area contributed by atoms with Gasteiger partial charge in [0.15, 0.2) is 4.34 Å². The van der Waals surface area contributed by atoms with Crippen LogP contribution in [0.25, 0.3) is 0 Å². The second-order valence-corrected chi connectivity index (χ2v) is 11.0. The molecule has 0 spiro atoms. The molecular formula is C21H22N4O5S3. The van der Waals surface area contributed by atoms with Gasteiger partial charge < -0.3 is 4.74 Å². The summed E-state index contributed by atoms with van der Waals surface area (Å²) in [5.41, 5.74) is 2.96. The molecule has 3 rings (SSSR count). The molecule has 0 aliphatic carbocycles. The summed E-state index contributed by atoms with van der Waals surface area (Å²) in [6.45, 7) is 5.43. The lowest BCUT2D eigenvalue weighted by Crippen LogP contribution is -2.17. The molecule has 3 aromatic rings. The first-order chi connectivity index (χ1) is 15.6. The van der Waals surface area contributed by atoms with Crippen LogP contribution in [0.1, 0.15) is 27.0 Å². The van der Waals surface area contributed by atoms with Crippen molar-refractivity contribution in [3.05, 3.63) is 58.7 Å². The van der Waals surface area contributed by atoms with Crippen molar-refractivity contribution in [1.29, 1.82) is 0 Å². The third kappa shape index (κ3) is 6.53. The maximum absolute atomic E-state index is 13.0. The number of thioether (sulfide) groups is 1. The van der Waals surface area contributed by atoms with Crippen LogP contribution < -0.4 is 10.0 Å². The fourth-order valence-corrected chi connectivity index (χ4v) is 5.83. The van der Waals surface area contributed by atoms with Crippen molar-refractivity contribution in [2.45, 2.75) is 30.0 Å². The van der Waals surface area contributed by atoms with E-state index in [1.165, 1.54) is 19.2 Å². The summed E-state index contributed by atoms with van der Waals surface area (Å²) in [5.74, 6) is -0.853. The second kappa shape index (κ2) is 10.3. The molecule has 0 radical (unpaired) electrons. The van der Waals surface area contributed by atoms with Crippen LogP contribution >= 0.6 is 23.1 Å². The summed E-state index contributed by atoms with van der Waals surface area (Å²) < 4.78 is 33.7. The minimum absolute atomic E-state index is 0.000829. The molecular weight excluding hydrogens is 484 g/mol. The fourth-order valence-electron chi connectivity index (χ4n) is 2.94. The van der Waals surface area contributed by atoms with E-state index in [1.807, 2.05) is 19.9 Å². The molecule has 0 aliphatic heterocycles. The van der Waals surface area contributed by atoms with Crippen LogP contribution in [0.3, 0.4) is 0 Å². The molecule has 9 nitrogen and oxygen atoms in total. The highest BCUT2D eigenvalue weighted by molar-refractivity contribution is 8.01. The number of sulfonamides is 1. The van der Waals surface area contributed by atoms with Crippen LogP contribution in [0.4, 0.5) is 10.8 Å². The Bertz CT molecular complexity index is 1280. The zero-order valence-corrected chi connectivity index (χ0v) is 20.8. The van der Waals surface area contributed by atoms with Gasteiger partial charge >= 0.3 is 5.97 Å². The Hall–Kier alpha value is -2.96. The van der Waals surface area contributed by atoms with Crippen LogP contribution in [0, 0.1) is 20.8 Å². The molecule has 12 heteroatoms. The first kappa shape index (κ1) is 24.7. The molecule has 1 amide bonds. The lowest BCUT2D eigenvalue weighted by molar-refractivity contribution is -0.137. The molecule has 1 heterocycles. The van der Waals surface area contributed by atoms with Crippen molar-refractivity contribution in [1.82, 2.24) is 10.2 Å². The zero-order valence-electron chi connectivity index (χ0n) is 18.3. The number of carbonyl (C=O) groups is 2. The van der Waals surface area contributed by atoms with Gasteiger partial charge in [-0.25, -0.2) is 8.42 Å². The second-order valence-electron chi connectivity index (χ2n) is 7.15. The van der Waals surface area contributed by atoms with E-state index in [1.54, 1.807) is 25.1 Å². The predicted octanol–water partition coefficient (Wildman–Crippen LogP) is 3.78. The van der Waals surface area contributed by atoms with Crippen molar-refractivity contribution in [2.75, 3.05) is 22.9 Å².